The number of unbranched alkanes of at least 4 members (excludes halogenated alkanes) is 3. The summed E-state index contributed by atoms with van der Waals surface area (Å²) in [6.07, 6.45) is 5.87. The van der Waals surface area contributed by atoms with Crippen LogP contribution in [0, 0.1) is 5.92 Å². The van der Waals surface area contributed by atoms with E-state index in [0.29, 0.717) is 36.3 Å². The molecule has 2 aromatic heterocycles. The van der Waals surface area contributed by atoms with Gasteiger partial charge in [0.05, 0.1) is 6.61 Å². The van der Waals surface area contributed by atoms with Gasteiger partial charge in [0, 0.05) is 43.9 Å². The van der Waals surface area contributed by atoms with Crippen LogP contribution in [0.1, 0.15) is 57.6 Å². The first kappa shape index (κ1) is 20.6. The second-order valence-corrected chi connectivity index (χ2v) is 8.27. The second kappa shape index (κ2) is 9.45. The monoisotopic (exact) mass is 412 g/mol. The van der Waals surface area contributed by atoms with Gasteiger partial charge in [-0.2, -0.15) is 15.0 Å². The molecule has 0 amide bonds. The first-order chi connectivity index (χ1) is 14.7. The zero-order valence-corrected chi connectivity index (χ0v) is 18.0. The minimum Gasteiger partial charge on any atom is -0.464 e. The molecule has 0 aromatic carbocycles. The summed E-state index contributed by atoms with van der Waals surface area (Å²) >= 11 is 0. The highest BCUT2D eigenvalue weighted by molar-refractivity contribution is 5.40. The Morgan fingerprint density at radius 2 is 2.00 bits per heavy atom. The number of piperidine rings is 1. The largest absolute Gasteiger partial charge is 0.464 e. The van der Waals surface area contributed by atoms with E-state index in [1.54, 1.807) is 6.07 Å². The number of nitrogens with one attached hydrogen (secondary N) is 1. The van der Waals surface area contributed by atoms with Crippen LogP contribution in [0.5, 0.6) is 6.01 Å². The fourth-order valence-electron chi connectivity index (χ4n) is 4.57. The summed E-state index contributed by atoms with van der Waals surface area (Å²) in [5.41, 5.74) is 1.22. The molecule has 30 heavy (non-hydrogen) atoms. The lowest BCUT2D eigenvalue weighted by atomic mass is 9.83. The molecule has 0 radical (unpaired) electrons. The third-order valence-corrected chi connectivity index (χ3v) is 5.95. The van der Waals surface area contributed by atoms with Crippen molar-refractivity contribution >= 4 is 11.9 Å². The van der Waals surface area contributed by atoms with Gasteiger partial charge in [-0.25, -0.2) is 0 Å². The Morgan fingerprint density at radius 1 is 1.10 bits per heavy atom. The van der Waals surface area contributed by atoms with E-state index in [1.165, 1.54) is 19.3 Å². The second-order valence-electron chi connectivity index (χ2n) is 8.27. The molecule has 0 unspecified atom stereocenters. The maximum Gasteiger partial charge on any atom is 0.323 e. The molecule has 162 valence electrons. The predicted molar refractivity (Wildman–Crippen MR) is 117 cm³/mol. The third-order valence-electron chi connectivity index (χ3n) is 5.95. The van der Waals surface area contributed by atoms with Gasteiger partial charge >= 0.3 is 6.01 Å². The van der Waals surface area contributed by atoms with E-state index in [0.717, 1.165) is 44.7 Å². The fraction of sp³-hybridized carbons (Fsp3) is 0.636. The van der Waals surface area contributed by atoms with E-state index < -0.39 is 0 Å². The molecule has 8 nitrogen and oxygen atoms in total. The summed E-state index contributed by atoms with van der Waals surface area (Å²) < 4.78 is 7.56. The minimum absolute atomic E-state index is 0.101. The van der Waals surface area contributed by atoms with Gasteiger partial charge in [-0.3, -0.25) is 4.79 Å². The number of ether oxygens (including phenoxy) is 1. The zero-order chi connectivity index (χ0) is 20.9. The predicted octanol–water partition coefficient (Wildman–Crippen LogP) is 3.05. The maximum absolute atomic E-state index is 12.3. The SMILES string of the molecule is CCCCCCNc1nc(OCC)nc(N2C[C@@H]3C[C@@H](C2)c2cccc(=O)n2C3)n1. The molecule has 2 aliphatic rings. The average molecular weight is 413 g/mol. The molecule has 0 aliphatic carbocycles. The van der Waals surface area contributed by atoms with E-state index in [9.17, 15) is 4.79 Å². The van der Waals surface area contributed by atoms with Crippen molar-refractivity contribution < 1.29 is 4.74 Å². The molecule has 1 N–H and O–H groups in total. The van der Waals surface area contributed by atoms with Crippen LogP contribution in [0.15, 0.2) is 23.0 Å². The minimum atomic E-state index is 0.101. The van der Waals surface area contributed by atoms with Crippen molar-refractivity contribution in [3.63, 3.8) is 0 Å². The normalized spacial score (nSPS) is 20.0. The highest BCUT2D eigenvalue weighted by Gasteiger charge is 2.35. The average Bonchev–Trinajstić information content (AvgIpc) is 2.74. The lowest BCUT2D eigenvalue weighted by Crippen LogP contribution is -2.47. The van der Waals surface area contributed by atoms with E-state index in [1.807, 2.05) is 17.6 Å². The van der Waals surface area contributed by atoms with Crippen LogP contribution in [-0.4, -0.2) is 45.8 Å². The highest BCUT2D eigenvalue weighted by Crippen LogP contribution is 2.36. The summed E-state index contributed by atoms with van der Waals surface area (Å²) in [4.78, 5) is 28.2. The molecule has 2 aliphatic heterocycles. The van der Waals surface area contributed by atoms with Gasteiger partial charge in [-0.05, 0) is 31.7 Å². The standard InChI is InChI=1S/C22H32N6O2/c1-3-5-6-7-11-23-20-24-21(26-22(25-20)30-4-2)27-13-16-12-17(15-27)18-9-8-10-19(29)28(18)14-16/h8-10,16-17H,3-7,11-15H2,1-2H3,(H,23,24,25,26)/t16-,17-/m0/s1. The van der Waals surface area contributed by atoms with Gasteiger partial charge < -0.3 is 19.5 Å². The van der Waals surface area contributed by atoms with Gasteiger partial charge in [0.25, 0.3) is 5.56 Å². The number of hydrogen-bond acceptors (Lipinski definition) is 7. The van der Waals surface area contributed by atoms with Gasteiger partial charge in [0.15, 0.2) is 0 Å². The molecule has 2 bridgehead atoms. The third kappa shape index (κ3) is 4.57. The highest BCUT2D eigenvalue weighted by atomic mass is 16.5. The number of anilines is 2. The molecule has 8 heteroatoms. The van der Waals surface area contributed by atoms with E-state index >= 15 is 0 Å². The number of nitrogens with zero attached hydrogens (tertiary/aromatic N) is 5. The Morgan fingerprint density at radius 3 is 2.83 bits per heavy atom. The topological polar surface area (TPSA) is 85.2 Å². The van der Waals surface area contributed by atoms with E-state index in [2.05, 4.69) is 33.2 Å². The molecule has 4 heterocycles. The molecular weight excluding hydrogens is 380 g/mol. The number of pyridine rings is 1. The Kier molecular flexibility index (Phi) is 6.50. The van der Waals surface area contributed by atoms with Crippen molar-refractivity contribution in [2.24, 2.45) is 5.92 Å². The van der Waals surface area contributed by atoms with Gasteiger partial charge in [-0.1, -0.05) is 32.3 Å². The Balaban J connectivity index is 1.52. The van der Waals surface area contributed by atoms with Crippen LogP contribution < -0.4 is 20.5 Å². The molecular formula is C22H32N6O2. The first-order valence-electron chi connectivity index (χ1n) is 11.2. The van der Waals surface area contributed by atoms with Crippen molar-refractivity contribution in [2.45, 2.75) is 58.4 Å². The van der Waals surface area contributed by atoms with Crippen molar-refractivity contribution in [1.29, 1.82) is 0 Å². The maximum atomic E-state index is 12.3. The summed E-state index contributed by atoms with van der Waals surface area (Å²) in [6, 6.07) is 5.96. The molecule has 1 fully saturated rings. The van der Waals surface area contributed by atoms with Crippen LogP contribution in [0.25, 0.3) is 0 Å². The van der Waals surface area contributed by atoms with Crippen molar-refractivity contribution in [3.05, 3.63) is 34.2 Å². The lowest BCUT2D eigenvalue weighted by molar-refractivity contribution is 0.277. The molecule has 0 spiro atoms. The number of aromatic nitrogens is 4. The Labute approximate surface area is 177 Å². The summed E-state index contributed by atoms with van der Waals surface area (Å²) in [5.74, 6) is 1.96. The summed E-state index contributed by atoms with van der Waals surface area (Å²) in [5, 5.41) is 3.34. The molecule has 1 saturated heterocycles. The van der Waals surface area contributed by atoms with Crippen LogP contribution in [0.2, 0.25) is 0 Å². The molecule has 2 atom stereocenters. The van der Waals surface area contributed by atoms with Crippen LogP contribution in [0.3, 0.4) is 0 Å². The smallest absolute Gasteiger partial charge is 0.323 e. The first-order valence-corrected chi connectivity index (χ1v) is 11.2. The van der Waals surface area contributed by atoms with Crippen LogP contribution >= 0.6 is 0 Å². The Hall–Kier alpha value is -2.64. The van der Waals surface area contributed by atoms with Crippen molar-refractivity contribution in [1.82, 2.24) is 19.5 Å². The quantitative estimate of drug-likeness (QED) is 0.634. The van der Waals surface area contributed by atoms with E-state index in [-0.39, 0.29) is 5.56 Å². The van der Waals surface area contributed by atoms with Crippen LogP contribution in [-0.2, 0) is 6.54 Å². The summed E-state index contributed by atoms with van der Waals surface area (Å²) in [7, 11) is 0. The fourth-order valence-corrected chi connectivity index (χ4v) is 4.57. The van der Waals surface area contributed by atoms with Gasteiger partial charge in [0.1, 0.15) is 0 Å². The molecule has 4 rings (SSSR count). The van der Waals surface area contributed by atoms with E-state index in [4.69, 9.17) is 9.72 Å². The number of rotatable bonds is 9. The number of fused-ring (bicyclic) bond motifs is 4. The molecule has 2 aromatic rings. The summed E-state index contributed by atoms with van der Waals surface area (Å²) in [6.45, 7) is 7.89. The van der Waals surface area contributed by atoms with Gasteiger partial charge in [0.2, 0.25) is 11.9 Å². The van der Waals surface area contributed by atoms with Crippen LogP contribution in [0.4, 0.5) is 11.9 Å². The lowest BCUT2D eigenvalue weighted by Gasteiger charge is -2.42. The van der Waals surface area contributed by atoms with Gasteiger partial charge in [-0.15, -0.1) is 0 Å². The zero-order valence-electron chi connectivity index (χ0n) is 18.0. The van der Waals surface area contributed by atoms with Crippen molar-refractivity contribution in [2.75, 3.05) is 36.5 Å². The van der Waals surface area contributed by atoms with Crippen molar-refractivity contribution in [3.8, 4) is 6.01 Å². The Bertz CT molecular complexity index is 915. The molecule has 0 saturated carbocycles. The number of hydrogen-bond donors (Lipinski definition) is 1.